The van der Waals surface area contributed by atoms with Crippen LogP contribution in [0.15, 0.2) is 164 Å². The van der Waals surface area contributed by atoms with Gasteiger partial charge in [0.25, 0.3) is 0 Å². The highest BCUT2D eigenvalue weighted by atomic mass is 31.2. The Hall–Kier alpha value is -5.76. The number of hydrogen-bond acceptors (Lipinski definition) is 2. The Morgan fingerprint density at radius 1 is 0.490 bits per heavy atom. The zero-order chi connectivity index (χ0) is 33.1. The van der Waals surface area contributed by atoms with Gasteiger partial charge in [0.15, 0.2) is 0 Å². The monoisotopic (exact) mass is 648 g/mol. The summed E-state index contributed by atoms with van der Waals surface area (Å²) in [5, 5.41) is 6.81. The molecule has 0 unspecified atom stereocenters. The first-order valence-corrected chi connectivity index (χ1v) is 19.2. The van der Waals surface area contributed by atoms with Crippen molar-refractivity contribution in [3.05, 3.63) is 164 Å². The van der Waals surface area contributed by atoms with Crippen LogP contribution in [0.1, 0.15) is 0 Å². The van der Waals surface area contributed by atoms with Crippen molar-refractivity contribution in [3.8, 4) is 39.2 Å². The zero-order valence-corrected chi connectivity index (χ0v) is 28.2. The van der Waals surface area contributed by atoms with Crippen LogP contribution < -0.4 is 5.30 Å². The largest absolute Gasteiger partial charge is 0.319 e. The molecule has 49 heavy (non-hydrogen) atoms. The summed E-state index contributed by atoms with van der Waals surface area (Å²) in [7, 11) is -2.30. The topological polar surface area (TPSA) is 34.9 Å². The molecule has 2 heterocycles. The smallest absolute Gasteiger partial charge is 0.109 e. The average molecular weight is 649 g/mol. The minimum absolute atomic E-state index is 0.900. The van der Waals surface area contributed by atoms with Gasteiger partial charge in [-0.3, -0.25) is 0 Å². The molecule has 0 N–H and O–H groups in total. The van der Waals surface area contributed by atoms with E-state index in [9.17, 15) is 4.57 Å². The first-order valence-electron chi connectivity index (χ1n) is 16.6. The number of aromatic nitrogens is 2. The van der Waals surface area contributed by atoms with E-state index < -0.39 is 7.14 Å². The molecule has 0 amide bonds. The molecule has 234 valence electrons. The predicted molar refractivity (Wildman–Crippen MR) is 209 cm³/mol. The van der Waals surface area contributed by atoms with Crippen molar-refractivity contribution in [2.75, 3.05) is 13.3 Å². The summed E-state index contributed by atoms with van der Waals surface area (Å²) in [6.45, 7) is 3.63. The van der Waals surface area contributed by atoms with Crippen LogP contribution in [0.2, 0.25) is 0 Å². The lowest BCUT2D eigenvalue weighted by Crippen LogP contribution is -2.01. The lowest BCUT2D eigenvalue weighted by molar-refractivity contribution is 0.588. The van der Waals surface area contributed by atoms with E-state index in [-0.39, 0.29) is 0 Å². The van der Waals surface area contributed by atoms with Crippen molar-refractivity contribution in [2.45, 2.75) is 0 Å². The Labute approximate surface area is 285 Å². The average Bonchev–Trinajstić information content (AvgIpc) is 3.49. The lowest BCUT2D eigenvalue weighted by atomic mass is 9.93. The van der Waals surface area contributed by atoms with Crippen molar-refractivity contribution in [1.29, 1.82) is 0 Å². The molecule has 0 atom stereocenters. The SMILES string of the molecule is CP(C)(=O)c1ccc(-c2ccc(-c3cccc4c3nc(-c3ccccc3)c3ccc5c6ccccc6n(-c6ccccc6)c5c34)cc2)cc1. The second kappa shape index (κ2) is 11.4. The van der Waals surface area contributed by atoms with E-state index >= 15 is 0 Å². The number of hydrogen-bond donors (Lipinski definition) is 0. The van der Waals surface area contributed by atoms with Gasteiger partial charge in [0.2, 0.25) is 0 Å². The molecule has 9 rings (SSSR count). The van der Waals surface area contributed by atoms with Gasteiger partial charge in [0.1, 0.15) is 7.14 Å². The minimum Gasteiger partial charge on any atom is -0.319 e. The summed E-state index contributed by atoms with van der Waals surface area (Å²) in [4.78, 5) is 5.49. The first-order chi connectivity index (χ1) is 24.0. The van der Waals surface area contributed by atoms with Crippen LogP contribution in [0.25, 0.3) is 82.7 Å². The normalized spacial score (nSPS) is 12.0. The van der Waals surface area contributed by atoms with Gasteiger partial charge in [-0.2, -0.15) is 0 Å². The summed E-state index contributed by atoms with van der Waals surface area (Å²) in [6, 6.07) is 57.9. The van der Waals surface area contributed by atoms with Gasteiger partial charge < -0.3 is 9.13 Å². The van der Waals surface area contributed by atoms with Crippen molar-refractivity contribution in [1.82, 2.24) is 9.55 Å². The molecule has 7 aromatic carbocycles. The van der Waals surface area contributed by atoms with Crippen LogP contribution in [0, 0.1) is 0 Å². The van der Waals surface area contributed by atoms with Crippen LogP contribution >= 0.6 is 7.14 Å². The quantitative estimate of drug-likeness (QED) is 0.137. The predicted octanol–water partition coefficient (Wildman–Crippen LogP) is 11.7. The molecule has 9 aromatic rings. The van der Waals surface area contributed by atoms with Crippen LogP contribution in [0.4, 0.5) is 0 Å². The number of rotatable bonds is 5. The summed E-state index contributed by atoms with van der Waals surface area (Å²) in [6.07, 6.45) is 0. The lowest BCUT2D eigenvalue weighted by Gasteiger charge is -2.16. The second-order valence-corrected chi connectivity index (χ2v) is 16.3. The van der Waals surface area contributed by atoms with E-state index in [1.165, 1.54) is 27.2 Å². The molecule has 3 nitrogen and oxygen atoms in total. The third-order valence-electron chi connectivity index (χ3n) is 9.70. The molecule has 0 saturated heterocycles. The van der Waals surface area contributed by atoms with E-state index in [4.69, 9.17) is 4.98 Å². The Kier molecular flexibility index (Phi) is 6.86. The van der Waals surface area contributed by atoms with Gasteiger partial charge in [0, 0.05) is 49.0 Å². The Morgan fingerprint density at radius 2 is 1.08 bits per heavy atom. The van der Waals surface area contributed by atoms with Crippen LogP contribution in [0.5, 0.6) is 0 Å². The van der Waals surface area contributed by atoms with Crippen LogP contribution in [-0.4, -0.2) is 22.9 Å². The van der Waals surface area contributed by atoms with E-state index in [1.54, 1.807) is 0 Å². The minimum atomic E-state index is -2.30. The standard InChI is InChI=1S/C45H33N2OP/c1-49(2,48)35-26-24-31(25-27-35)30-20-22-32(23-21-30)36-17-11-18-39-42-40(43(46-44(36)39)33-12-5-3-6-13-33)29-28-38-37-16-9-10-19-41(37)47(45(38)42)34-14-7-4-8-15-34/h3-29H,1-2H3. The third-order valence-corrected chi connectivity index (χ3v) is 11.2. The molecule has 0 spiro atoms. The summed E-state index contributed by atoms with van der Waals surface area (Å²) >= 11 is 0. The Morgan fingerprint density at radius 3 is 1.80 bits per heavy atom. The summed E-state index contributed by atoms with van der Waals surface area (Å²) in [5.74, 6) is 0. The molecule has 4 heteroatoms. The molecule has 0 saturated carbocycles. The fraction of sp³-hybridized carbons (Fsp3) is 0.0444. The Bertz CT molecular complexity index is 2720. The maximum atomic E-state index is 12.6. The van der Waals surface area contributed by atoms with E-state index in [1.807, 2.05) is 25.5 Å². The molecule has 0 aliphatic heterocycles. The van der Waals surface area contributed by atoms with E-state index in [2.05, 4.69) is 156 Å². The van der Waals surface area contributed by atoms with Crippen molar-refractivity contribution in [2.24, 2.45) is 0 Å². The molecule has 0 radical (unpaired) electrons. The summed E-state index contributed by atoms with van der Waals surface area (Å²) in [5.41, 5.74) is 11.0. The zero-order valence-electron chi connectivity index (χ0n) is 27.3. The number of nitrogens with zero attached hydrogens (tertiary/aromatic N) is 2. The molecule has 2 aromatic heterocycles. The van der Waals surface area contributed by atoms with E-state index in [0.717, 1.165) is 60.8 Å². The molecule has 0 bridgehead atoms. The highest BCUT2D eigenvalue weighted by molar-refractivity contribution is 7.70. The van der Waals surface area contributed by atoms with Gasteiger partial charge in [-0.15, -0.1) is 0 Å². The van der Waals surface area contributed by atoms with E-state index in [0.29, 0.717) is 0 Å². The van der Waals surface area contributed by atoms with Gasteiger partial charge in [-0.05, 0) is 48.2 Å². The maximum Gasteiger partial charge on any atom is 0.109 e. The fourth-order valence-corrected chi connectivity index (χ4v) is 8.18. The summed E-state index contributed by atoms with van der Waals surface area (Å²) < 4.78 is 15.0. The third kappa shape index (κ3) is 4.89. The number of para-hydroxylation sites is 3. The van der Waals surface area contributed by atoms with Crippen LogP contribution in [0.3, 0.4) is 0 Å². The van der Waals surface area contributed by atoms with Crippen LogP contribution in [-0.2, 0) is 4.57 Å². The number of fused-ring (bicyclic) bond motifs is 7. The molecule has 0 fully saturated rings. The highest BCUT2D eigenvalue weighted by Gasteiger charge is 2.21. The van der Waals surface area contributed by atoms with Crippen molar-refractivity contribution < 1.29 is 4.57 Å². The van der Waals surface area contributed by atoms with Gasteiger partial charge in [-0.25, -0.2) is 4.98 Å². The van der Waals surface area contributed by atoms with Gasteiger partial charge in [-0.1, -0.05) is 146 Å². The molecule has 0 aliphatic carbocycles. The highest BCUT2D eigenvalue weighted by Crippen LogP contribution is 2.44. The molecule has 0 aliphatic rings. The second-order valence-electron chi connectivity index (χ2n) is 13.1. The maximum absolute atomic E-state index is 12.6. The van der Waals surface area contributed by atoms with Crippen molar-refractivity contribution in [3.63, 3.8) is 0 Å². The first kappa shape index (κ1) is 29.4. The number of pyridine rings is 1. The van der Waals surface area contributed by atoms with Gasteiger partial charge >= 0.3 is 0 Å². The number of benzene rings is 7. The van der Waals surface area contributed by atoms with Crippen molar-refractivity contribution >= 4 is 55.9 Å². The molecular weight excluding hydrogens is 615 g/mol. The van der Waals surface area contributed by atoms with Gasteiger partial charge in [0.05, 0.1) is 22.2 Å². The molecular formula is C45H33N2OP. The Balaban J connectivity index is 1.33. The fourth-order valence-electron chi connectivity index (χ4n) is 7.31.